The average Bonchev–Trinajstić information content (AvgIpc) is 2.17. The van der Waals surface area contributed by atoms with Gasteiger partial charge in [0, 0.05) is 18.6 Å². The number of amides is 2. The molecule has 0 saturated carbocycles. The molecule has 2 unspecified atom stereocenters. The minimum Gasteiger partial charge on any atom is -0.465 e. The van der Waals surface area contributed by atoms with Gasteiger partial charge in [0.1, 0.15) is 6.54 Å². The van der Waals surface area contributed by atoms with Crippen molar-refractivity contribution in [2.75, 3.05) is 13.1 Å². The Kier molecular flexibility index (Phi) is 2.54. The third-order valence-corrected chi connectivity index (χ3v) is 3.34. The Hall–Kier alpha value is -1.26. The van der Waals surface area contributed by atoms with Crippen molar-refractivity contribution in [2.45, 2.75) is 38.3 Å². The molecule has 84 valence electrons. The van der Waals surface area contributed by atoms with E-state index in [4.69, 9.17) is 5.11 Å². The Morgan fingerprint density at radius 2 is 2.20 bits per heavy atom. The molecule has 15 heavy (non-hydrogen) atoms. The normalized spacial score (nSPS) is 31.4. The number of carboxylic acid groups (broad SMARTS) is 1. The molecule has 0 bridgehead atoms. The fourth-order valence-electron chi connectivity index (χ4n) is 2.63. The number of carbonyl (C=O) groups is 2. The van der Waals surface area contributed by atoms with E-state index in [-0.39, 0.29) is 24.5 Å². The fraction of sp³-hybridized carbons (Fsp3) is 0.800. The summed E-state index contributed by atoms with van der Waals surface area (Å²) in [5, 5.41) is 8.87. The van der Waals surface area contributed by atoms with Gasteiger partial charge in [0.05, 0.1) is 0 Å². The van der Waals surface area contributed by atoms with Gasteiger partial charge in [-0.05, 0) is 26.2 Å². The molecule has 0 aromatic carbocycles. The summed E-state index contributed by atoms with van der Waals surface area (Å²) in [6, 6.07) is 0.373. The molecule has 5 nitrogen and oxygen atoms in total. The van der Waals surface area contributed by atoms with Crippen molar-refractivity contribution < 1.29 is 14.7 Å². The summed E-state index contributed by atoms with van der Waals surface area (Å²) in [4.78, 5) is 25.7. The van der Waals surface area contributed by atoms with Gasteiger partial charge in [-0.25, -0.2) is 4.79 Å². The van der Waals surface area contributed by atoms with Crippen molar-refractivity contribution in [3.05, 3.63) is 0 Å². The van der Waals surface area contributed by atoms with Gasteiger partial charge < -0.3 is 10.0 Å². The first-order valence-electron chi connectivity index (χ1n) is 5.38. The Morgan fingerprint density at radius 3 is 2.87 bits per heavy atom. The van der Waals surface area contributed by atoms with Crippen LogP contribution in [-0.2, 0) is 4.79 Å². The van der Waals surface area contributed by atoms with E-state index in [2.05, 4.69) is 0 Å². The minimum atomic E-state index is -0.985. The van der Waals surface area contributed by atoms with Crippen molar-refractivity contribution in [3.8, 4) is 0 Å². The molecule has 0 spiro atoms. The first-order valence-corrected chi connectivity index (χ1v) is 5.38. The van der Waals surface area contributed by atoms with Crippen LogP contribution >= 0.6 is 0 Å². The highest BCUT2D eigenvalue weighted by atomic mass is 16.4. The van der Waals surface area contributed by atoms with Crippen LogP contribution in [-0.4, -0.2) is 52.1 Å². The summed E-state index contributed by atoms with van der Waals surface area (Å²) >= 11 is 0. The van der Waals surface area contributed by atoms with Crippen LogP contribution in [0.15, 0.2) is 0 Å². The van der Waals surface area contributed by atoms with Gasteiger partial charge in [0.15, 0.2) is 0 Å². The quantitative estimate of drug-likeness (QED) is 0.644. The summed E-state index contributed by atoms with van der Waals surface area (Å²) in [6.07, 6.45) is 2.07. The number of fused-ring (bicyclic) bond motifs is 1. The number of hydrogen-bond donors (Lipinski definition) is 1. The van der Waals surface area contributed by atoms with Crippen molar-refractivity contribution in [1.82, 2.24) is 9.80 Å². The van der Waals surface area contributed by atoms with Crippen LogP contribution in [0.1, 0.15) is 26.2 Å². The Bertz CT molecular complexity index is 292. The van der Waals surface area contributed by atoms with Gasteiger partial charge in [-0.3, -0.25) is 9.69 Å². The highest BCUT2D eigenvalue weighted by Crippen LogP contribution is 2.26. The molecule has 2 aliphatic heterocycles. The molecule has 5 heteroatoms. The molecule has 0 aromatic rings. The van der Waals surface area contributed by atoms with Crippen LogP contribution in [0, 0.1) is 0 Å². The number of hydrogen-bond acceptors (Lipinski definition) is 2. The van der Waals surface area contributed by atoms with Crippen molar-refractivity contribution in [1.29, 1.82) is 0 Å². The first-order chi connectivity index (χ1) is 7.09. The van der Waals surface area contributed by atoms with Crippen LogP contribution in [0.25, 0.3) is 0 Å². The van der Waals surface area contributed by atoms with Gasteiger partial charge in [0.2, 0.25) is 5.91 Å². The number of piperazine rings is 1. The zero-order chi connectivity index (χ0) is 11.0. The predicted octanol–water partition coefficient (Wildman–Crippen LogP) is 0.750. The van der Waals surface area contributed by atoms with Gasteiger partial charge in [-0.2, -0.15) is 0 Å². The van der Waals surface area contributed by atoms with Crippen LogP contribution < -0.4 is 0 Å². The maximum absolute atomic E-state index is 11.8. The number of nitrogens with zero attached hydrogens (tertiary/aromatic N) is 2. The summed E-state index contributed by atoms with van der Waals surface area (Å²) in [5.41, 5.74) is 0. The first kappa shape index (κ1) is 10.3. The second kappa shape index (κ2) is 3.72. The monoisotopic (exact) mass is 212 g/mol. The third-order valence-electron chi connectivity index (χ3n) is 3.34. The topological polar surface area (TPSA) is 60.9 Å². The number of rotatable bonds is 0. The van der Waals surface area contributed by atoms with E-state index in [1.54, 1.807) is 0 Å². The fourth-order valence-corrected chi connectivity index (χ4v) is 2.63. The predicted molar refractivity (Wildman–Crippen MR) is 53.5 cm³/mol. The van der Waals surface area contributed by atoms with Crippen LogP contribution in [0.5, 0.6) is 0 Å². The molecule has 0 aliphatic carbocycles. The molecule has 2 rings (SSSR count). The Morgan fingerprint density at radius 1 is 1.47 bits per heavy atom. The summed E-state index contributed by atoms with van der Waals surface area (Å²) < 4.78 is 0. The molecule has 2 aliphatic rings. The zero-order valence-corrected chi connectivity index (χ0v) is 8.85. The standard InChI is InChI=1S/C10H16N2O3/c1-7-3-2-4-8-5-11(10(14)15)6-9(13)12(7)8/h7-8H,2-6H2,1H3,(H,14,15). The molecular weight excluding hydrogens is 196 g/mol. The lowest BCUT2D eigenvalue weighted by molar-refractivity contribution is -0.144. The minimum absolute atomic E-state index is 0.0240. The van der Waals surface area contributed by atoms with Gasteiger partial charge in [-0.15, -0.1) is 0 Å². The van der Waals surface area contributed by atoms with Crippen molar-refractivity contribution in [2.24, 2.45) is 0 Å². The maximum atomic E-state index is 11.8. The molecular formula is C10H16N2O3. The molecule has 2 saturated heterocycles. The van der Waals surface area contributed by atoms with E-state index in [0.29, 0.717) is 6.54 Å². The van der Waals surface area contributed by atoms with Crippen LogP contribution in [0.3, 0.4) is 0 Å². The van der Waals surface area contributed by atoms with E-state index >= 15 is 0 Å². The molecule has 0 aromatic heterocycles. The molecule has 1 N–H and O–H groups in total. The number of piperidine rings is 1. The van der Waals surface area contributed by atoms with Crippen LogP contribution in [0.4, 0.5) is 4.79 Å². The SMILES string of the molecule is CC1CCCC2CN(C(=O)O)CC(=O)N12. The van der Waals surface area contributed by atoms with Crippen LogP contribution in [0.2, 0.25) is 0 Å². The second-order valence-corrected chi connectivity index (χ2v) is 4.40. The third kappa shape index (κ3) is 1.78. The Balaban J connectivity index is 2.13. The van der Waals surface area contributed by atoms with Gasteiger partial charge in [-0.1, -0.05) is 0 Å². The smallest absolute Gasteiger partial charge is 0.407 e. The molecule has 0 radical (unpaired) electrons. The van der Waals surface area contributed by atoms with Gasteiger partial charge >= 0.3 is 6.09 Å². The lowest BCUT2D eigenvalue weighted by Crippen LogP contribution is -2.61. The van der Waals surface area contributed by atoms with Gasteiger partial charge in [0.25, 0.3) is 0 Å². The van der Waals surface area contributed by atoms with Crippen molar-refractivity contribution >= 4 is 12.0 Å². The van der Waals surface area contributed by atoms with E-state index in [9.17, 15) is 9.59 Å². The summed E-state index contributed by atoms with van der Waals surface area (Å²) in [6.45, 7) is 2.54. The van der Waals surface area contributed by atoms with E-state index in [0.717, 1.165) is 19.3 Å². The highest BCUT2D eigenvalue weighted by molar-refractivity contribution is 5.83. The molecule has 2 fully saturated rings. The maximum Gasteiger partial charge on any atom is 0.407 e. The second-order valence-electron chi connectivity index (χ2n) is 4.40. The largest absolute Gasteiger partial charge is 0.465 e. The summed E-state index contributed by atoms with van der Waals surface area (Å²) in [7, 11) is 0. The highest BCUT2D eigenvalue weighted by Gasteiger charge is 2.38. The zero-order valence-electron chi connectivity index (χ0n) is 8.85. The summed E-state index contributed by atoms with van der Waals surface area (Å²) in [5.74, 6) is -0.0409. The number of carbonyl (C=O) groups excluding carboxylic acids is 1. The molecule has 2 atom stereocenters. The lowest BCUT2D eigenvalue weighted by atomic mass is 9.94. The Labute approximate surface area is 88.6 Å². The lowest BCUT2D eigenvalue weighted by Gasteiger charge is -2.46. The average molecular weight is 212 g/mol. The van der Waals surface area contributed by atoms with E-state index in [1.165, 1.54) is 4.90 Å². The van der Waals surface area contributed by atoms with E-state index < -0.39 is 6.09 Å². The van der Waals surface area contributed by atoms with E-state index in [1.807, 2.05) is 11.8 Å². The van der Waals surface area contributed by atoms with Crippen molar-refractivity contribution in [3.63, 3.8) is 0 Å². The molecule has 2 amide bonds. The molecule has 2 heterocycles.